The zero-order valence-electron chi connectivity index (χ0n) is 23.0. The fraction of sp³-hybridized carbons (Fsp3) is 0.517. The van der Waals surface area contributed by atoms with E-state index in [1.165, 1.54) is 11.6 Å². The van der Waals surface area contributed by atoms with Crippen LogP contribution in [0, 0.1) is 0 Å². The van der Waals surface area contributed by atoms with Crippen LogP contribution in [0.1, 0.15) is 48.5 Å². The molecule has 0 aromatic heterocycles. The molecule has 2 fully saturated rings. The topological polar surface area (TPSA) is 117 Å². The molecule has 216 valence electrons. The Bertz CT molecular complexity index is 1320. The van der Waals surface area contributed by atoms with Crippen LogP contribution in [-0.4, -0.2) is 86.8 Å². The summed E-state index contributed by atoms with van der Waals surface area (Å²) in [6, 6.07) is 15.0. The van der Waals surface area contributed by atoms with Gasteiger partial charge in [-0.05, 0) is 49.9 Å². The summed E-state index contributed by atoms with van der Waals surface area (Å²) in [7, 11) is -1.74. The molecule has 11 heteroatoms. The molecule has 3 aliphatic rings. The largest absolute Gasteiger partial charge is 0.490 e. The number of likely N-dealkylation sites (tertiary alicyclic amines) is 1. The zero-order chi connectivity index (χ0) is 28.3. The number of ether oxygens (including phenoxy) is 2. The highest BCUT2D eigenvalue weighted by atomic mass is 32.2. The maximum atomic E-state index is 13.4. The van der Waals surface area contributed by atoms with Gasteiger partial charge in [0.25, 0.3) is 5.91 Å². The molecule has 0 unspecified atom stereocenters. The van der Waals surface area contributed by atoms with E-state index in [4.69, 9.17) is 9.47 Å². The highest BCUT2D eigenvalue weighted by Gasteiger charge is 2.39. The SMILES string of the molecule is CCS(=O)(=O)Nc1ccc2c(c1)C(=O)N(C)[C@H]1CC[C@H](CC(=O)N[C@@H]3CCN(Cc4ccccc4)C3)O[C@H]1CO2. The van der Waals surface area contributed by atoms with E-state index in [1.54, 1.807) is 31.0 Å². The van der Waals surface area contributed by atoms with Crippen molar-refractivity contribution in [3.05, 3.63) is 59.7 Å². The van der Waals surface area contributed by atoms with Crippen LogP contribution in [0.4, 0.5) is 5.69 Å². The number of rotatable bonds is 8. The summed E-state index contributed by atoms with van der Waals surface area (Å²) in [6.45, 7) is 4.44. The molecule has 3 heterocycles. The summed E-state index contributed by atoms with van der Waals surface area (Å²) in [5.74, 6) is 0.0312. The minimum absolute atomic E-state index is 0.0152. The van der Waals surface area contributed by atoms with Gasteiger partial charge in [-0.2, -0.15) is 0 Å². The van der Waals surface area contributed by atoms with Gasteiger partial charge in [0.2, 0.25) is 15.9 Å². The third-order valence-corrected chi connectivity index (χ3v) is 9.27. The molecular weight excluding hydrogens is 532 g/mol. The predicted octanol–water partition coefficient (Wildman–Crippen LogP) is 2.61. The first kappa shape index (κ1) is 28.4. The number of likely N-dealkylation sites (N-methyl/N-ethyl adjacent to an activating group) is 1. The smallest absolute Gasteiger partial charge is 0.257 e. The second kappa shape index (κ2) is 12.2. The van der Waals surface area contributed by atoms with Gasteiger partial charge in [0.15, 0.2) is 0 Å². The number of benzene rings is 2. The van der Waals surface area contributed by atoms with Crippen LogP contribution in [0.15, 0.2) is 48.5 Å². The van der Waals surface area contributed by atoms with E-state index < -0.39 is 10.0 Å². The second-order valence-electron chi connectivity index (χ2n) is 10.9. The van der Waals surface area contributed by atoms with Crippen LogP contribution in [-0.2, 0) is 26.1 Å². The van der Waals surface area contributed by atoms with E-state index >= 15 is 0 Å². The predicted molar refractivity (Wildman–Crippen MR) is 152 cm³/mol. The Labute approximate surface area is 236 Å². The Morgan fingerprint density at radius 3 is 2.67 bits per heavy atom. The van der Waals surface area contributed by atoms with Crippen LogP contribution >= 0.6 is 0 Å². The quantitative estimate of drug-likeness (QED) is 0.501. The maximum Gasteiger partial charge on any atom is 0.257 e. The van der Waals surface area contributed by atoms with Gasteiger partial charge in [-0.25, -0.2) is 8.42 Å². The van der Waals surface area contributed by atoms with Gasteiger partial charge < -0.3 is 19.7 Å². The minimum atomic E-state index is -3.48. The molecular formula is C29H38N4O6S. The lowest BCUT2D eigenvalue weighted by Gasteiger charge is -2.42. The Balaban J connectivity index is 1.16. The molecule has 0 aliphatic carbocycles. The molecule has 2 amide bonds. The van der Waals surface area contributed by atoms with Gasteiger partial charge >= 0.3 is 0 Å². The molecule has 0 bridgehead atoms. The number of anilines is 1. The van der Waals surface area contributed by atoms with Gasteiger partial charge in [-0.1, -0.05) is 30.3 Å². The monoisotopic (exact) mass is 570 g/mol. The Morgan fingerprint density at radius 1 is 1.10 bits per heavy atom. The van der Waals surface area contributed by atoms with Crippen molar-refractivity contribution in [2.75, 3.05) is 37.2 Å². The van der Waals surface area contributed by atoms with E-state index in [0.29, 0.717) is 29.8 Å². The number of sulfonamides is 1. The van der Waals surface area contributed by atoms with Crippen LogP contribution in [0.3, 0.4) is 0 Å². The summed E-state index contributed by atoms with van der Waals surface area (Å²) >= 11 is 0. The molecule has 4 atom stereocenters. The van der Waals surface area contributed by atoms with E-state index in [9.17, 15) is 18.0 Å². The highest BCUT2D eigenvalue weighted by Crippen LogP contribution is 2.32. The standard InChI is InChI=1S/C29H38N4O6S/c1-3-40(36,37)31-21-9-12-26-24(15-21)29(35)32(2)25-11-10-23(39-27(25)19-38-26)16-28(34)30-22-13-14-33(18-22)17-20-7-5-4-6-8-20/h4-9,12,15,22-23,25,27,31H,3,10-11,13-14,16-19H2,1-2H3,(H,30,34)/t22-,23-,25+,27+/m1/s1. The van der Waals surface area contributed by atoms with Crippen LogP contribution in [0.2, 0.25) is 0 Å². The third kappa shape index (κ3) is 6.76. The molecule has 10 nitrogen and oxygen atoms in total. The molecule has 2 aromatic rings. The van der Waals surface area contributed by atoms with Crippen molar-refractivity contribution >= 4 is 27.5 Å². The Morgan fingerprint density at radius 2 is 1.90 bits per heavy atom. The molecule has 2 saturated heterocycles. The lowest BCUT2D eigenvalue weighted by atomic mass is 9.94. The summed E-state index contributed by atoms with van der Waals surface area (Å²) in [5.41, 5.74) is 1.89. The number of fused-ring (bicyclic) bond motifs is 2. The minimum Gasteiger partial charge on any atom is -0.490 e. The molecule has 0 saturated carbocycles. The molecule has 3 aliphatic heterocycles. The number of carbonyl (C=O) groups excluding carboxylic acids is 2. The summed E-state index contributed by atoms with van der Waals surface area (Å²) in [5, 5.41) is 3.19. The average molecular weight is 571 g/mol. The van der Waals surface area contributed by atoms with Crippen LogP contribution in [0.5, 0.6) is 5.75 Å². The molecule has 5 rings (SSSR count). The summed E-state index contributed by atoms with van der Waals surface area (Å²) in [6.07, 6.45) is 1.91. The van der Waals surface area contributed by atoms with Crippen molar-refractivity contribution in [1.29, 1.82) is 0 Å². The highest BCUT2D eigenvalue weighted by molar-refractivity contribution is 7.92. The number of hydrogen-bond donors (Lipinski definition) is 2. The van der Waals surface area contributed by atoms with Crippen molar-refractivity contribution in [3.8, 4) is 5.75 Å². The third-order valence-electron chi connectivity index (χ3n) is 7.96. The first-order valence-corrected chi connectivity index (χ1v) is 15.6. The fourth-order valence-corrected chi connectivity index (χ4v) is 6.40. The normalized spacial score (nSPS) is 25.2. The average Bonchev–Trinajstić information content (AvgIpc) is 3.37. The van der Waals surface area contributed by atoms with Gasteiger partial charge in [-0.3, -0.25) is 19.2 Å². The van der Waals surface area contributed by atoms with Crippen molar-refractivity contribution in [3.63, 3.8) is 0 Å². The fourth-order valence-electron chi connectivity index (χ4n) is 5.77. The van der Waals surface area contributed by atoms with E-state index in [0.717, 1.165) is 26.1 Å². The van der Waals surface area contributed by atoms with Crippen LogP contribution < -0.4 is 14.8 Å². The molecule has 40 heavy (non-hydrogen) atoms. The van der Waals surface area contributed by atoms with Crippen molar-refractivity contribution in [2.45, 2.75) is 63.4 Å². The molecule has 0 radical (unpaired) electrons. The first-order valence-electron chi connectivity index (χ1n) is 14.0. The maximum absolute atomic E-state index is 13.4. The molecule has 2 N–H and O–H groups in total. The number of carbonyl (C=O) groups is 2. The van der Waals surface area contributed by atoms with Gasteiger partial charge in [-0.15, -0.1) is 0 Å². The van der Waals surface area contributed by atoms with E-state index in [-0.39, 0.29) is 54.9 Å². The van der Waals surface area contributed by atoms with Crippen LogP contribution in [0.25, 0.3) is 0 Å². The van der Waals surface area contributed by atoms with Crippen molar-refractivity contribution in [1.82, 2.24) is 15.1 Å². The van der Waals surface area contributed by atoms with E-state index in [2.05, 4.69) is 27.1 Å². The lowest BCUT2D eigenvalue weighted by Crippen LogP contribution is -2.54. The first-order chi connectivity index (χ1) is 19.2. The second-order valence-corrected chi connectivity index (χ2v) is 12.9. The van der Waals surface area contributed by atoms with Gasteiger partial charge in [0.05, 0.1) is 29.9 Å². The Kier molecular flexibility index (Phi) is 8.62. The summed E-state index contributed by atoms with van der Waals surface area (Å²) in [4.78, 5) is 30.3. The van der Waals surface area contributed by atoms with Gasteiger partial charge in [0.1, 0.15) is 18.5 Å². The molecule has 2 aromatic carbocycles. The summed E-state index contributed by atoms with van der Waals surface area (Å²) < 4.78 is 38.8. The van der Waals surface area contributed by atoms with Crippen molar-refractivity contribution < 1.29 is 27.5 Å². The van der Waals surface area contributed by atoms with Crippen molar-refractivity contribution in [2.24, 2.45) is 0 Å². The Hall–Kier alpha value is -3.15. The van der Waals surface area contributed by atoms with E-state index in [1.807, 2.05) is 18.2 Å². The molecule has 0 spiro atoms. The number of nitrogens with one attached hydrogen (secondary N) is 2. The number of nitrogens with zero attached hydrogens (tertiary/aromatic N) is 2. The van der Waals surface area contributed by atoms with Gasteiger partial charge in [0, 0.05) is 38.4 Å². The lowest BCUT2D eigenvalue weighted by molar-refractivity contribution is -0.134. The zero-order valence-corrected chi connectivity index (χ0v) is 23.9. The number of amides is 2. The number of hydrogen-bond acceptors (Lipinski definition) is 7.